The van der Waals surface area contributed by atoms with Crippen molar-refractivity contribution in [3.63, 3.8) is 0 Å². The number of halogens is 3. The highest BCUT2D eigenvalue weighted by atomic mass is 19.1. The van der Waals surface area contributed by atoms with Crippen LogP contribution in [0.5, 0.6) is 5.88 Å². The zero-order valence-corrected chi connectivity index (χ0v) is 22.5. The van der Waals surface area contributed by atoms with E-state index in [1.54, 1.807) is 18.2 Å². The Hall–Kier alpha value is -4.68. The maximum absolute atomic E-state index is 15.5. The number of benzene rings is 3. The largest absolute Gasteiger partial charge is 0.473 e. The summed E-state index contributed by atoms with van der Waals surface area (Å²) in [5, 5.41) is 8.91. The Balaban J connectivity index is 1.13. The molecule has 0 spiro atoms. The number of aromatic nitrogens is 3. The monoisotopic (exact) mass is 566 g/mol. The first kappa shape index (κ1) is 26.2. The van der Waals surface area contributed by atoms with E-state index in [1.807, 2.05) is 30.3 Å². The smallest absolute Gasteiger partial charge is 0.214 e. The molecule has 1 saturated carbocycles. The van der Waals surface area contributed by atoms with E-state index >= 15 is 8.78 Å². The number of rotatable bonds is 8. The molecule has 5 aromatic rings. The number of ether oxygens (including phenoxy) is 2. The lowest BCUT2D eigenvalue weighted by Gasteiger charge is -2.36. The molecule has 9 heteroatoms. The van der Waals surface area contributed by atoms with Gasteiger partial charge in [-0.2, -0.15) is 5.26 Å². The van der Waals surface area contributed by atoms with Gasteiger partial charge in [-0.3, -0.25) is 0 Å². The lowest BCUT2D eigenvalue weighted by molar-refractivity contribution is -0.0132. The summed E-state index contributed by atoms with van der Waals surface area (Å²) in [6.07, 6.45) is 2.13. The van der Waals surface area contributed by atoms with Gasteiger partial charge in [-0.15, -0.1) is 0 Å². The van der Waals surface area contributed by atoms with E-state index in [9.17, 15) is 4.39 Å². The molecule has 2 aliphatic heterocycles. The normalized spacial score (nSPS) is 19.0. The number of pyridine rings is 1. The van der Waals surface area contributed by atoms with Crippen molar-refractivity contribution >= 4 is 11.0 Å². The molecule has 0 atom stereocenters. The van der Waals surface area contributed by atoms with Crippen LogP contribution in [0, 0.1) is 34.7 Å². The third-order valence-corrected chi connectivity index (χ3v) is 8.17. The van der Waals surface area contributed by atoms with Crippen LogP contribution in [0.1, 0.15) is 35.4 Å². The first-order valence-electron chi connectivity index (χ1n) is 13.7. The molecule has 0 N–H and O–H groups in total. The predicted molar refractivity (Wildman–Crippen MR) is 149 cm³/mol. The first-order valence-corrected chi connectivity index (χ1v) is 13.7. The van der Waals surface area contributed by atoms with Crippen molar-refractivity contribution in [2.45, 2.75) is 38.0 Å². The van der Waals surface area contributed by atoms with E-state index in [0.717, 1.165) is 42.6 Å². The van der Waals surface area contributed by atoms with Gasteiger partial charge in [-0.1, -0.05) is 24.3 Å². The SMILES string of the molecule is N#Cc1ccc(COc2cccc(-c3cc(F)c(Cc4nc5ccccc5n4CC45CC(CO4)C5)cc3F)n2)c(F)c1. The number of nitriles is 1. The fraction of sp³-hybridized carbons (Fsp3) is 0.242. The van der Waals surface area contributed by atoms with Crippen LogP contribution < -0.4 is 4.74 Å². The van der Waals surface area contributed by atoms with Crippen molar-refractivity contribution in [3.8, 4) is 23.2 Å². The number of fused-ring (bicyclic) bond motifs is 2. The minimum atomic E-state index is -0.628. The van der Waals surface area contributed by atoms with Gasteiger partial charge in [-0.25, -0.2) is 23.1 Å². The molecule has 2 bridgehead atoms. The summed E-state index contributed by atoms with van der Waals surface area (Å²) >= 11 is 0. The number of para-hydroxylation sites is 2. The van der Waals surface area contributed by atoms with Crippen molar-refractivity contribution in [3.05, 3.63) is 113 Å². The Kier molecular flexibility index (Phi) is 6.43. The maximum Gasteiger partial charge on any atom is 0.214 e. The summed E-state index contributed by atoms with van der Waals surface area (Å²) in [5.41, 5.74) is 2.34. The fourth-order valence-electron chi connectivity index (χ4n) is 6.04. The van der Waals surface area contributed by atoms with Crippen molar-refractivity contribution in [1.29, 1.82) is 5.26 Å². The highest BCUT2D eigenvalue weighted by molar-refractivity contribution is 5.76. The zero-order valence-electron chi connectivity index (χ0n) is 22.5. The standard InChI is InChI=1S/C33H25F3N4O2/c34-25-10-20(16-37)8-9-22(25)18-41-32-7-3-5-28(39-32)24-13-26(35)23(11-27(24)36)12-31-38-29-4-1-2-6-30(29)40(31)19-33-14-21(15-33)17-42-33/h1-11,13,21H,12,14-15,17-19H2. The molecule has 6 nitrogen and oxygen atoms in total. The van der Waals surface area contributed by atoms with Crippen molar-refractivity contribution in [2.24, 2.45) is 5.92 Å². The van der Waals surface area contributed by atoms with Gasteiger partial charge >= 0.3 is 0 Å². The summed E-state index contributed by atoms with van der Waals surface area (Å²) in [6.45, 7) is 1.26. The van der Waals surface area contributed by atoms with E-state index in [0.29, 0.717) is 18.3 Å². The van der Waals surface area contributed by atoms with Crippen LogP contribution in [0.2, 0.25) is 0 Å². The van der Waals surface area contributed by atoms with Crippen molar-refractivity contribution < 1.29 is 22.6 Å². The predicted octanol–water partition coefficient (Wildman–Crippen LogP) is 6.74. The summed E-state index contributed by atoms with van der Waals surface area (Å²) in [7, 11) is 0. The molecule has 3 aromatic carbocycles. The van der Waals surface area contributed by atoms with Gasteiger partial charge < -0.3 is 14.0 Å². The second-order valence-corrected chi connectivity index (χ2v) is 11.0. The van der Waals surface area contributed by atoms with E-state index < -0.39 is 17.5 Å². The Morgan fingerprint density at radius 3 is 2.55 bits per heavy atom. The van der Waals surface area contributed by atoms with E-state index in [2.05, 4.69) is 9.55 Å². The van der Waals surface area contributed by atoms with E-state index in [1.165, 1.54) is 18.2 Å². The van der Waals surface area contributed by atoms with Crippen LogP contribution in [0.3, 0.4) is 0 Å². The fourth-order valence-corrected chi connectivity index (χ4v) is 6.04. The second kappa shape index (κ2) is 10.3. The number of nitrogens with zero attached hydrogens (tertiary/aromatic N) is 4. The molecule has 2 aromatic heterocycles. The Labute approximate surface area is 240 Å². The van der Waals surface area contributed by atoms with Crippen LogP contribution in [-0.4, -0.2) is 26.7 Å². The summed E-state index contributed by atoms with van der Waals surface area (Å²) in [6, 6.07) is 20.8. The highest BCUT2D eigenvalue weighted by Gasteiger charge is 2.52. The molecule has 1 aliphatic carbocycles. The number of hydrogen-bond donors (Lipinski definition) is 0. The average Bonchev–Trinajstić information content (AvgIpc) is 3.68. The van der Waals surface area contributed by atoms with Crippen molar-refractivity contribution in [1.82, 2.24) is 14.5 Å². The molecule has 0 amide bonds. The Morgan fingerprint density at radius 2 is 1.76 bits per heavy atom. The topological polar surface area (TPSA) is 73.0 Å². The first-order chi connectivity index (χ1) is 20.4. The molecule has 4 heterocycles. The minimum Gasteiger partial charge on any atom is -0.473 e. The number of imidazole rings is 1. The molecule has 8 rings (SSSR count). The van der Waals surface area contributed by atoms with Crippen molar-refractivity contribution in [2.75, 3.05) is 6.61 Å². The second-order valence-electron chi connectivity index (χ2n) is 11.0. The van der Waals surface area contributed by atoms with Gasteiger partial charge in [0.1, 0.15) is 29.9 Å². The van der Waals surface area contributed by atoms with Gasteiger partial charge in [0.2, 0.25) is 5.88 Å². The van der Waals surface area contributed by atoms with Gasteiger partial charge in [0.25, 0.3) is 0 Å². The van der Waals surface area contributed by atoms with Crippen LogP contribution in [0.25, 0.3) is 22.3 Å². The zero-order chi connectivity index (χ0) is 28.8. The van der Waals surface area contributed by atoms with Gasteiger partial charge in [0.05, 0.1) is 47.1 Å². The molecule has 0 unspecified atom stereocenters. The molecular formula is C33H25F3N4O2. The van der Waals surface area contributed by atoms with Gasteiger partial charge in [-0.05, 0) is 66.8 Å². The Morgan fingerprint density at radius 1 is 0.929 bits per heavy atom. The summed E-state index contributed by atoms with van der Waals surface area (Å²) in [5.74, 6) is -0.389. The van der Waals surface area contributed by atoms with Gasteiger partial charge in [0, 0.05) is 23.6 Å². The van der Waals surface area contributed by atoms with Crippen LogP contribution >= 0.6 is 0 Å². The molecule has 42 heavy (non-hydrogen) atoms. The summed E-state index contributed by atoms with van der Waals surface area (Å²) in [4.78, 5) is 9.08. The van der Waals surface area contributed by atoms with Crippen LogP contribution in [0.15, 0.2) is 72.8 Å². The molecular weight excluding hydrogens is 541 g/mol. The molecule has 3 aliphatic rings. The van der Waals surface area contributed by atoms with E-state index in [-0.39, 0.29) is 52.5 Å². The van der Waals surface area contributed by atoms with Crippen LogP contribution in [0.4, 0.5) is 13.2 Å². The quantitative estimate of drug-likeness (QED) is 0.208. The highest BCUT2D eigenvalue weighted by Crippen LogP contribution is 2.49. The Bertz CT molecular complexity index is 1870. The lowest BCUT2D eigenvalue weighted by Crippen LogP contribution is -2.41. The van der Waals surface area contributed by atoms with E-state index in [4.69, 9.17) is 19.7 Å². The molecule has 210 valence electrons. The van der Waals surface area contributed by atoms with Gasteiger partial charge in [0.15, 0.2) is 0 Å². The van der Waals surface area contributed by atoms with Crippen LogP contribution in [-0.2, 0) is 24.3 Å². The molecule has 0 radical (unpaired) electrons. The molecule has 2 saturated heterocycles. The molecule has 3 fully saturated rings. The average molecular weight is 567 g/mol. The third-order valence-electron chi connectivity index (χ3n) is 8.17. The lowest BCUT2D eigenvalue weighted by atomic mass is 9.74. The minimum absolute atomic E-state index is 0.0153. The maximum atomic E-state index is 15.5. The third kappa shape index (κ3) is 4.78. The summed E-state index contributed by atoms with van der Waals surface area (Å²) < 4.78 is 59.0. The number of hydrogen-bond acceptors (Lipinski definition) is 5.